The molecule has 2 fully saturated rings. The van der Waals surface area contributed by atoms with E-state index < -0.39 is 11.0 Å². The zero-order valence-corrected chi connectivity index (χ0v) is 16.1. The average Bonchev–Trinajstić information content (AvgIpc) is 3.41. The molecule has 5 aliphatic rings. The molecule has 3 unspecified atom stereocenters. The van der Waals surface area contributed by atoms with Gasteiger partial charge >= 0.3 is 0 Å². The van der Waals surface area contributed by atoms with E-state index in [9.17, 15) is 5.11 Å². The fourth-order valence-corrected chi connectivity index (χ4v) is 6.44. The van der Waals surface area contributed by atoms with Crippen molar-refractivity contribution in [2.75, 3.05) is 27.2 Å². The highest BCUT2D eigenvalue weighted by Gasteiger charge is 2.71. The van der Waals surface area contributed by atoms with Gasteiger partial charge in [-0.3, -0.25) is 4.90 Å². The monoisotopic (exact) mass is 368 g/mol. The molecule has 5 nitrogen and oxygen atoms in total. The predicted molar refractivity (Wildman–Crippen MR) is 102 cm³/mol. The van der Waals surface area contributed by atoms with Crippen molar-refractivity contribution in [3.63, 3.8) is 0 Å². The Morgan fingerprint density at radius 2 is 2.22 bits per heavy atom. The van der Waals surface area contributed by atoms with Crippen LogP contribution < -0.4 is 14.8 Å². The largest absolute Gasteiger partial charge is 0.493 e. The number of aliphatic hydroxyl groups is 1. The van der Waals surface area contributed by atoms with Gasteiger partial charge < -0.3 is 19.9 Å². The third-order valence-corrected chi connectivity index (χ3v) is 7.88. The van der Waals surface area contributed by atoms with Gasteiger partial charge in [0, 0.05) is 18.2 Å². The highest BCUT2D eigenvalue weighted by atomic mass is 16.5. The summed E-state index contributed by atoms with van der Waals surface area (Å²) >= 11 is 0. The number of nitrogens with zero attached hydrogens (tertiary/aromatic N) is 1. The molecule has 5 atom stereocenters. The van der Waals surface area contributed by atoms with Crippen molar-refractivity contribution in [1.29, 1.82) is 0 Å². The third kappa shape index (κ3) is 1.86. The van der Waals surface area contributed by atoms with Gasteiger partial charge in [-0.05, 0) is 56.8 Å². The molecule has 1 aromatic rings. The number of piperidine rings is 1. The number of nitrogens with one attached hydrogen (secondary N) is 1. The smallest absolute Gasteiger partial charge is 0.166 e. The van der Waals surface area contributed by atoms with Crippen molar-refractivity contribution in [3.05, 3.63) is 35.4 Å². The number of hydrogen-bond acceptors (Lipinski definition) is 5. The summed E-state index contributed by atoms with van der Waals surface area (Å²) in [4.78, 5) is 2.56. The van der Waals surface area contributed by atoms with Gasteiger partial charge in [-0.1, -0.05) is 18.2 Å². The van der Waals surface area contributed by atoms with E-state index in [-0.39, 0.29) is 18.2 Å². The zero-order chi connectivity index (χ0) is 18.4. The molecule has 1 saturated carbocycles. The van der Waals surface area contributed by atoms with Gasteiger partial charge in [0.1, 0.15) is 11.7 Å². The molecule has 0 amide bonds. The van der Waals surface area contributed by atoms with Crippen LogP contribution in [0.4, 0.5) is 0 Å². The van der Waals surface area contributed by atoms with E-state index in [0.717, 1.165) is 43.3 Å². The second kappa shape index (κ2) is 5.28. The van der Waals surface area contributed by atoms with Crippen molar-refractivity contribution in [3.8, 4) is 11.5 Å². The Morgan fingerprint density at radius 3 is 2.96 bits per heavy atom. The molecule has 6 rings (SSSR count). The normalized spacial score (nSPS) is 41.2. The molecule has 0 aromatic heterocycles. The van der Waals surface area contributed by atoms with E-state index in [0.29, 0.717) is 0 Å². The van der Waals surface area contributed by atoms with Crippen LogP contribution in [0.5, 0.6) is 11.5 Å². The summed E-state index contributed by atoms with van der Waals surface area (Å²) in [5.41, 5.74) is 1.26. The van der Waals surface area contributed by atoms with Crippen LogP contribution in [0.2, 0.25) is 0 Å². The van der Waals surface area contributed by atoms with E-state index in [1.807, 2.05) is 13.1 Å². The lowest BCUT2D eigenvalue weighted by Crippen LogP contribution is -2.76. The zero-order valence-electron chi connectivity index (χ0n) is 16.1. The first-order chi connectivity index (χ1) is 13.1. The summed E-state index contributed by atoms with van der Waals surface area (Å²) in [5, 5.41) is 15.6. The number of rotatable bonds is 4. The summed E-state index contributed by atoms with van der Waals surface area (Å²) in [6.45, 7) is 2.15. The summed E-state index contributed by atoms with van der Waals surface area (Å²) in [5.74, 6) is 2.47. The highest BCUT2D eigenvalue weighted by molar-refractivity contribution is 5.64. The van der Waals surface area contributed by atoms with Gasteiger partial charge in [0.2, 0.25) is 0 Å². The van der Waals surface area contributed by atoms with Crippen LogP contribution in [-0.2, 0) is 11.8 Å². The SMILES string of the molecule is CNC1C=CC2(O)[C@H]3Cc4ccc(OC)c5c4[C@@]2(CCN3CC2CC2)C1O5. The molecule has 1 spiro atoms. The van der Waals surface area contributed by atoms with Gasteiger partial charge in [0.05, 0.1) is 18.6 Å². The molecule has 3 aliphatic carbocycles. The lowest BCUT2D eigenvalue weighted by Gasteiger charge is -2.62. The summed E-state index contributed by atoms with van der Waals surface area (Å²) < 4.78 is 12.2. The Hall–Kier alpha value is -1.56. The van der Waals surface area contributed by atoms with Crippen LogP contribution in [0.3, 0.4) is 0 Å². The van der Waals surface area contributed by atoms with Crippen molar-refractivity contribution >= 4 is 0 Å². The topological polar surface area (TPSA) is 54.0 Å². The first-order valence-electron chi connectivity index (χ1n) is 10.3. The minimum Gasteiger partial charge on any atom is -0.493 e. The van der Waals surface area contributed by atoms with Crippen molar-refractivity contribution in [2.24, 2.45) is 5.92 Å². The van der Waals surface area contributed by atoms with Gasteiger partial charge in [0.25, 0.3) is 0 Å². The van der Waals surface area contributed by atoms with Crippen LogP contribution in [0.25, 0.3) is 0 Å². The number of likely N-dealkylation sites (N-methyl/N-ethyl adjacent to an activating group) is 1. The number of likely N-dealkylation sites (tertiary alicyclic amines) is 1. The first kappa shape index (κ1) is 16.4. The van der Waals surface area contributed by atoms with E-state index in [2.05, 4.69) is 28.4 Å². The van der Waals surface area contributed by atoms with Gasteiger partial charge in [-0.15, -0.1) is 0 Å². The first-order valence-corrected chi connectivity index (χ1v) is 10.3. The number of benzene rings is 1. The molecule has 144 valence electrons. The standard InChI is InChI=1S/C22H28N2O3/c1-23-15-7-8-22(25)17-11-14-5-6-16(26-2)19-18(14)21(22,20(15)27-19)9-10-24(17)12-13-3-4-13/h5-8,13,15,17,20,23,25H,3-4,9-12H2,1-2H3/t15?,17-,20?,21+,22?/m1/s1. The average molecular weight is 368 g/mol. The van der Waals surface area contributed by atoms with Crippen LogP contribution in [-0.4, -0.2) is 61.0 Å². The quantitative estimate of drug-likeness (QED) is 0.791. The van der Waals surface area contributed by atoms with Gasteiger partial charge in [0.15, 0.2) is 11.5 Å². The molecule has 2 bridgehead atoms. The molecule has 5 heteroatoms. The van der Waals surface area contributed by atoms with E-state index in [1.165, 1.54) is 24.0 Å². The molecule has 1 saturated heterocycles. The highest BCUT2D eigenvalue weighted by Crippen LogP contribution is 2.64. The van der Waals surface area contributed by atoms with E-state index >= 15 is 0 Å². The Bertz CT molecular complexity index is 835. The molecule has 0 radical (unpaired) electrons. The molecule has 1 aromatic carbocycles. The summed E-state index contributed by atoms with van der Waals surface area (Å²) in [7, 11) is 3.67. The predicted octanol–water partition coefficient (Wildman–Crippen LogP) is 1.62. The maximum Gasteiger partial charge on any atom is 0.166 e. The Balaban J connectivity index is 1.57. The molecule has 27 heavy (non-hydrogen) atoms. The number of hydrogen-bond donors (Lipinski definition) is 2. The molecule has 2 heterocycles. The fourth-order valence-electron chi connectivity index (χ4n) is 6.44. The molecular formula is C22H28N2O3. The van der Waals surface area contributed by atoms with Gasteiger partial charge in [-0.25, -0.2) is 0 Å². The number of ether oxygens (including phenoxy) is 2. The molecule has 2 aliphatic heterocycles. The second-order valence-corrected chi connectivity index (χ2v) is 9.05. The maximum absolute atomic E-state index is 12.2. The summed E-state index contributed by atoms with van der Waals surface area (Å²) in [6, 6.07) is 4.45. The van der Waals surface area contributed by atoms with Crippen molar-refractivity contribution in [2.45, 2.75) is 54.9 Å². The van der Waals surface area contributed by atoms with Gasteiger partial charge in [-0.2, -0.15) is 0 Å². The third-order valence-electron chi connectivity index (χ3n) is 7.88. The minimum atomic E-state index is -0.886. The van der Waals surface area contributed by atoms with Crippen molar-refractivity contribution < 1.29 is 14.6 Å². The Kier molecular flexibility index (Phi) is 3.21. The molecular weight excluding hydrogens is 340 g/mol. The minimum absolute atomic E-state index is 0.0870. The molecule has 2 N–H and O–H groups in total. The Morgan fingerprint density at radius 1 is 1.37 bits per heavy atom. The second-order valence-electron chi connectivity index (χ2n) is 9.05. The number of methoxy groups -OCH3 is 1. The summed E-state index contributed by atoms with van der Waals surface area (Å²) in [6.07, 6.45) is 8.60. The van der Waals surface area contributed by atoms with E-state index in [4.69, 9.17) is 9.47 Å². The Labute approximate surface area is 160 Å². The lowest BCUT2D eigenvalue weighted by atomic mass is 9.50. The maximum atomic E-state index is 12.2. The van der Waals surface area contributed by atoms with Crippen LogP contribution in [0.1, 0.15) is 30.4 Å². The van der Waals surface area contributed by atoms with Crippen LogP contribution in [0.15, 0.2) is 24.3 Å². The van der Waals surface area contributed by atoms with Crippen molar-refractivity contribution in [1.82, 2.24) is 10.2 Å². The fraction of sp³-hybridized carbons (Fsp3) is 0.636. The van der Waals surface area contributed by atoms with Crippen LogP contribution in [0, 0.1) is 5.92 Å². The van der Waals surface area contributed by atoms with Crippen LogP contribution >= 0.6 is 0 Å². The van der Waals surface area contributed by atoms with E-state index in [1.54, 1.807) is 7.11 Å². The lowest BCUT2D eigenvalue weighted by molar-refractivity contribution is -0.144.